The van der Waals surface area contributed by atoms with Gasteiger partial charge in [0.2, 0.25) is 0 Å². The SMILES string of the molecule is COCCc1nc2c(N)nc3cc(OCCn4cccc4)ccc3c2n1CC(C)C. The third-order valence-electron chi connectivity index (χ3n) is 5.12. The van der Waals surface area contributed by atoms with E-state index in [9.17, 15) is 0 Å². The van der Waals surface area contributed by atoms with Crippen LogP contribution in [0.2, 0.25) is 0 Å². The highest BCUT2D eigenvalue weighted by Crippen LogP contribution is 2.31. The van der Waals surface area contributed by atoms with Crippen molar-refractivity contribution < 1.29 is 9.47 Å². The average Bonchev–Trinajstić information content (AvgIpc) is 3.35. The Morgan fingerprint density at radius 2 is 1.90 bits per heavy atom. The molecule has 1 aromatic carbocycles. The number of ether oxygens (including phenoxy) is 2. The molecule has 3 aromatic heterocycles. The third-order valence-corrected chi connectivity index (χ3v) is 5.12. The molecule has 3 heterocycles. The van der Waals surface area contributed by atoms with Crippen LogP contribution < -0.4 is 10.5 Å². The number of anilines is 1. The predicted molar refractivity (Wildman–Crippen MR) is 120 cm³/mol. The van der Waals surface area contributed by atoms with Gasteiger partial charge in [-0.3, -0.25) is 0 Å². The van der Waals surface area contributed by atoms with Crippen LogP contribution in [0.5, 0.6) is 5.75 Å². The monoisotopic (exact) mass is 407 g/mol. The maximum Gasteiger partial charge on any atom is 0.152 e. The van der Waals surface area contributed by atoms with E-state index in [2.05, 4.69) is 34.0 Å². The lowest BCUT2D eigenvalue weighted by atomic mass is 10.1. The van der Waals surface area contributed by atoms with Crippen molar-refractivity contribution in [2.75, 3.05) is 26.1 Å². The molecule has 4 rings (SSSR count). The molecule has 0 bridgehead atoms. The second kappa shape index (κ2) is 8.75. The van der Waals surface area contributed by atoms with Gasteiger partial charge >= 0.3 is 0 Å². The van der Waals surface area contributed by atoms with Crippen LogP contribution in [0.3, 0.4) is 0 Å². The number of aromatic nitrogens is 4. The van der Waals surface area contributed by atoms with Crippen molar-refractivity contribution >= 4 is 27.8 Å². The summed E-state index contributed by atoms with van der Waals surface area (Å²) in [4.78, 5) is 9.44. The number of pyridine rings is 1. The van der Waals surface area contributed by atoms with Crippen molar-refractivity contribution in [3.05, 3.63) is 48.5 Å². The first-order valence-electron chi connectivity index (χ1n) is 10.4. The minimum Gasteiger partial charge on any atom is -0.492 e. The van der Waals surface area contributed by atoms with Gasteiger partial charge in [0.15, 0.2) is 5.82 Å². The van der Waals surface area contributed by atoms with E-state index in [1.807, 2.05) is 36.7 Å². The Bertz CT molecular complexity index is 1130. The van der Waals surface area contributed by atoms with Crippen LogP contribution >= 0.6 is 0 Å². The summed E-state index contributed by atoms with van der Waals surface area (Å²) in [6.07, 6.45) is 4.79. The molecule has 0 aliphatic rings. The third kappa shape index (κ3) is 4.11. The minimum absolute atomic E-state index is 0.447. The fourth-order valence-electron chi connectivity index (χ4n) is 3.76. The summed E-state index contributed by atoms with van der Waals surface area (Å²) in [6.45, 7) is 7.27. The minimum atomic E-state index is 0.447. The molecular weight excluding hydrogens is 378 g/mol. The molecule has 0 atom stereocenters. The van der Waals surface area contributed by atoms with Crippen LogP contribution in [0.25, 0.3) is 21.9 Å². The number of benzene rings is 1. The van der Waals surface area contributed by atoms with Crippen LogP contribution in [-0.4, -0.2) is 39.4 Å². The Balaban J connectivity index is 1.71. The Hall–Kier alpha value is -3.06. The van der Waals surface area contributed by atoms with Crippen molar-refractivity contribution in [2.24, 2.45) is 5.92 Å². The number of nitrogens with zero attached hydrogens (tertiary/aromatic N) is 4. The van der Waals surface area contributed by atoms with E-state index in [4.69, 9.17) is 20.2 Å². The Kier molecular flexibility index (Phi) is 5.90. The van der Waals surface area contributed by atoms with Crippen LogP contribution in [0, 0.1) is 5.92 Å². The highest BCUT2D eigenvalue weighted by molar-refractivity contribution is 6.06. The van der Waals surface area contributed by atoms with Crippen LogP contribution in [0.1, 0.15) is 19.7 Å². The van der Waals surface area contributed by atoms with E-state index >= 15 is 0 Å². The maximum atomic E-state index is 6.32. The summed E-state index contributed by atoms with van der Waals surface area (Å²) < 4.78 is 15.6. The van der Waals surface area contributed by atoms with Gasteiger partial charge in [-0.2, -0.15) is 0 Å². The molecule has 0 saturated carbocycles. The van der Waals surface area contributed by atoms with Crippen molar-refractivity contribution in [3.8, 4) is 5.75 Å². The molecule has 0 unspecified atom stereocenters. The molecule has 0 saturated heterocycles. The van der Waals surface area contributed by atoms with Gasteiger partial charge in [-0.1, -0.05) is 13.8 Å². The topological polar surface area (TPSA) is 80.1 Å². The predicted octanol–water partition coefficient (Wildman–Crippen LogP) is 3.89. The molecule has 0 fully saturated rings. The number of hydrogen-bond acceptors (Lipinski definition) is 5. The summed E-state index contributed by atoms with van der Waals surface area (Å²) in [7, 11) is 1.71. The van der Waals surface area contributed by atoms with Gasteiger partial charge < -0.3 is 24.3 Å². The van der Waals surface area contributed by atoms with E-state index in [1.54, 1.807) is 7.11 Å². The molecule has 30 heavy (non-hydrogen) atoms. The normalized spacial score (nSPS) is 11.7. The van der Waals surface area contributed by atoms with E-state index in [-0.39, 0.29) is 0 Å². The summed E-state index contributed by atoms with van der Waals surface area (Å²) in [5.74, 6) is 2.69. The lowest BCUT2D eigenvalue weighted by Gasteiger charge is -2.13. The van der Waals surface area contributed by atoms with E-state index < -0.39 is 0 Å². The molecule has 0 aliphatic heterocycles. The summed E-state index contributed by atoms with van der Waals surface area (Å²) in [5.41, 5.74) is 8.93. The molecule has 7 nitrogen and oxygen atoms in total. The fourth-order valence-corrected chi connectivity index (χ4v) is 3.76. The van der Waals surface area contributed by atoms with Gasteiger partial charge in [0, 0.05) is 43.9 Å². The van der Waals surface area contributed by atoms with Crippen LogP contribution in [0.4, 0.5) is 5.82 Å². The van der Waals surface area contributed by atoms with E-state index in [1.165, 1.54) is 0 Å². The van der Waals surface area contributed by atoms with Gasteiger partial charge in [-0.25, -0.2) is 9.97 Å². The smallest absolute Gasteiger partial charge is 0.152 e. The lowest BCUT2D eigenvalue weighted by Crippen LogP contribution is -2.10. The number of hydrogen-bond donors (Lipinski definition) is 1. The molecule has 4 aromatic rings. The largest absolute Gasteiger partial charge is 0.492 e. The van der Waals surface area contributed by atoms with Crippen LogP contribution in [-0.2, 0) is 24.2 Å². The molecule has 0 radical (unpaired) electrons. The summed E-state index contributed by atoms with van der Waals surface area (Å²) in [5, 5.41) is 1.04. The zero-order valence-electron chi connectivity index (χ0n) is 17.8. The molecular formula is C23H29N5O2. The number of fused-ring (bicyclic) bond motifs is 3. The van der Waals surface area contributed by atoms with Gasteiger partial charge in [0.05, 0.1) is 24.2 Å². The second-order valence-corrected chi connectivity index (χ2v) is 7.92. The van der Waals surface area contributed by atoms with Gasteiger partial charge in [0.1, 0.15) is 23.7 Å². The Labute approximate surface area is 176 Å². The van der Waals surface area contributed by atoms with Gasteiger partial charge in [-0.05, 0) is 30.2 Å². The molecule has 7 heteroatoms. The number of rotatable bonds is 9. The molecule has 0 aliphatic carbocycles. The van der Waals surface area contributed by atoms with E-state index in [0.717, 1.165) is 53.0 Å². The van der Waals surface area contributed by atoms with Gasteiger partial charge in [0.25, 0.3) is 0 Å². The number of nitrogen functional groups attached to an aromatic ring is 1. The highest BCUT2D eigenvalue weighted by Gasteiger charge is 2.18. The number of nitrogens with two attached hydrogens (primary N) is 1. The molecule has 158 valence electrons. The van der Waals surface area contributed by atoms with Crippen molar-refractivity contribution in [1.82, 2.24) is 19.1 Å². The average molecular weight is 408 g/mol. The maximum absolute atomic E-state index is 6.32. The zero-order valence-corrected chi connectivity index (χ0v) is 17.8. The van der Waals surface area contributed by atoms with Crippen molar-refractivity contribution in [2.45, 2.75) is 33.4 Å². The van der Waals surface area contributed by atoms with Gasteiger partial charge in [-0.15, -0.1) is 0 Å². The standard InChI is InChI=1S/C23H29N5O2/c1-16(2)15-28-20(8-12-29-3)26-21-22(28)18-7-6-17(14-19(18)25-23(21)24)30-13-11-27-9-4-5-10-27/h4-7,9-10,14,16H,8,11-13,15H2,1-3H3,(H2,24,25). The zero-order chi connectivity index (χ0) is 21.1. The summed E-state index contributed by atoms with van der Waals surface area (Å²) >= 11 is 0. The first-order chi connectivity index (χ1) is 14.6. The Morgan fingerprint density at radius 3 is 2.63 bits per heavy atom. The van der Waals surface area contributed by atoms with Crippen molar-refractivity contribution in [1.29, 1.82) is 0 Å². The van der Waals surface area contributed by atoms with Crippen molar-refractivity contribution in [3.63, 3.8) is 0 Å². The van der Waals surface area contributed by atoms with Crippen LogP contribution in [0.15, 0.2) is 42.7 Å². The Morgan fingerprint density at radius 1 is 1.10 bits per heavy atom. The molecule has 0 amide bonds. The fraction of sp³-hybridized carbons (Fsp3) is 0.391. The number of imidazole rings is 1. The van der Waals surface area contributed by atoms with E-state index in [0.29, 0.717) is 24.9 Å². The quantitative estimate of drug-likeness (QED) is 0.455. The lowest BCUT2D eigenvalue weighted by molar-refractivity contribution is 0.199. The molecule has 2 N–H and O–H groups in total. The second-order valence-electron chi connectivity index (χ2n) is 7.92. The summed E-state index contributed by atoms with van der Waals surface area (Å²) in [6, 6.07) is 10.0. The highest BCUT2D eigenvalue weighted by atomic mass is 16.5. The number of methoxy groups -OCH3 is 1. The first kappa shape index (κ1) is 20.2. The molecule has 0 spiro atoms. The first-order valence-corrected chi connectivity index (χ1v) is 10.4.